The van der Waals surface area contributed by atoms with Crippen LogP contribution < -0.4 is 4.74 Å². The van der Waals surface area contributed by atoms with E-state index in [9.17, 15) is 0 Å². The van der Waals surface area contributed by atoms with Crippen LogP contribution in [-0.4, -0.2) is 26.8 Å². The summed E-state index contributed by atoms with van der Waals surface area (Å²) >= 11 is 0. The molecule has 0 atom stereocenters. The molecule has 6 nitrogen and oxygen atoms in total. The van der Waals surface area contributed by atoms with E-state index in [-0.39, 0.29) is 0 Å². The number of nitriles is 1. The van der Waals surface area contributed by atoms with E-state index in [1.807, 2.05) is 26.0 Å². The predicted octanol–water partition coefficient (Wildman–Crippen LogP) is 2.18. The second-order valence-corrected chi connectivity index (χ2v) is 4.65. The van der Waals surface area contributed by atoms with Crippen LogP contribution >= 0.6 is 0 Å². The van der Waals surface area contributed by atoms with Crippen LogP contribution in [0, 0.1) is 25.2 Å². The lowest BCUT2D eigenvalue weighted by molar-refractivity contribution is 0.308. The van der Waals surface area contributed by atoms with Crippen molar-refractivity contribution in [2.24, 2.45) is 7.05 Å². The third-order valence-electron chi connectivity index (χ3n) is 2.91. The van der Waals surface area contributed by atoms with Gasteiger partial charge in [-0.15, -0.1) is 10.2 Å². The fourth-order valence-electron chi connectivity index (χ4n) is 2.03. The minimum atomic E-state index is 0.514. The van der Waals surface area contributed by atoms with Gasteiger partial charge in [0.2, 0.25) is 5.82 Å². The summed E-state index contributed by atoms with van der Waals surface area (Å²) in [6.07, 6.45) is 1.25. The smallest absolute Gasteiger partial charge is 0.204 e. The van der Waals surface area contributed by atoms with E-state index in [1.54, 1.807) is 7.05 Å². The fraction of sp³-hybridized carbons (Fsp3) is 0.429. The standard InChI is InChI=1S/C14H17N5O/c1-10-8-12(14-16-18-19(3)17-14)9-11(2)13(10)20-7-5-4-6-15/h8-9H,4-5,7H2,1-3H3. The molecule has 0 aliphatic carbocycles. The molecule has 0 fully saturated rings. The first-order chi connectivity index (χ1) is 9.61. The fourth-order valence-corrected chi connectivity index (χ4v) is 2.03. The van der Waals surface area contributed by atoms with Gasteiger partial charge in [-0.1, -0.05) is 0 Å². The third-order valence-corrected chi connectivity index (χ3v) is 2.91. The van der Waals surface area contributed by atoms with E-state index < -0.39 is 0 Å². The summed E-state index contributed by atoms with van der Waals surface area (Å²) in [5.74, 6) is 1.48. The zero-order chi connectivity index (χ0) is 14.5. The summed E-state index contributed by atoms with van der Waals surface area (Å²) in [7, 11) is 1.74. The molecule has 2 aromatic rings. The Hall–Kier alpha value is -2.42. The molecule has 0 aliphatic heterocycles. The molecule has 1 heterocycles. The number of nitrogens with zero attached hydrogens (tertiary/aromatic N) is 5. The average Bonchev–Trinajstić information content (AvgIpc) is 2.83. The first kappa shape index (κ1) is 14.0. The number of rotatable bonds is 5. The zero-order valence-electron chi connectivity index (χ0n) is 11.9. The zero-order valence-corrected chi connectivity index (χ0v) is 11.9. The Morgan fingerprint density at radius 3 is 2.55 bits per heavy atom. The van der Waals surface area contributed by atoms with E-state index in [4.69, 9.17) is 10.00 Å². The highest BCUT2D eigenvalue weighted by molar-refractivity contribution is 5.60. The molecular weight excluding hydrogens is 254 g/mol. The van der Waals surface area contributed by atoms with Gasteiger partial charge in [0.05, 0.1) is 19.7 Å². The maximum atomic E-state index is 8.51. The molecule has 0 amide bonds. The van der Waals surface area contributed by atoms with Crippen LogP contribution in [0.4, 0.5) is 0 Å². The minimum Gasteiger partial charge on any atom is -0.493 e. The molecule has 1 aromatic carbocycles. The first-order valence-electron chi connectivity index (χ1n) is 6.47. The molecule has 0 spiro atoms. The normalized spacial score (nSPS) is 10.3. The van der Waals surface area contributed by atoms with Gasteiger partial charge in [0, 0.05) is 12.0 Å². The lowest BCUT2D eigenvalue weighted by Crippen LogP contribution is -2.01. The quantitative estimate of drug-likeness (QED) is 0.779. The van der Waals surface area contributed by atoms with Gasteiger partial charge < -0.3 is 4.74 Å². The number of hydrogen-bond donors (Lipinski definition) is 0. The molecule has 0 aliphatic rings. The summed E-state index contributed by atoms with van der Waals surface area (Å²) < 4.78 is 5.75. The van der Waals surface area contributed by atoms with Gasteiger partial charge in [0.15, 0.2) is 0 Å². The molecule has 0 unspecified atom stereocenters. The highest BCUT2D eigenvalue weighted by Crippen LogP contribution is 2.28. The highest BCUT2D eigenvalue weighted by Gasteiger charge is 2.11. The molecule has 0 N–H and O–H groups in total. The average molecular weight is 271 g/mol. The van der Waals surface area contributed by atoms with Gasteiger partial charge in [-0.05, 0) is 48.7 Å². The molecule has 0 saturated heterocycles. The van der Waals surface area contributed by atoms with Gasteiger partial charge in [0.1, 0.15) is 5.75 Å². The first-order valence-corrected chi connectivity index (χ1v) is 6.47. The van der Waals surface area contributed by atoms with Crippen LogP contribution in [0.5, 0.6) is 5.75 Å². The maximum absolute atomic E-state index is 8.51. The lowest BCUT2D eigenvalue weighted by Gasteiger charge is -2.12. The van der Waals surface area contributed by atoms with Gasteiger partial charge in [-0.2, -0.15) is 10.1 Å². The minimum absolute atomic E-state index is 0.514. The molecular formula is C14H17N5O. The molecule has 0 saturated carbocycles. The van der Waals surface area contributed by atoms with Crippen LogP contribution in [0.1, 0.15) is 24.0 Å². The Morgan fingerprint density at radius 1 is 1.30 bits per heavy atom. The van der Waals surface area contributed by atoms with Crippen LogP contribution in [0.15, 0.2) is 12.1 Å². The Morgan fingerprint density at radius 2 is 2.00 bits per heavy atom. The SMILES string of the molecule is Cc1cc(-c2nnn(C)n2)cc(C)c1OCCCC#N. The molecule has 0 radical (unpaired) electrons. The van der Waals surface area contributed by atoms with Gasteiger partial charge in [-0.3, -0.25) is 0 Å². The Balaban J connectivity index is 2.18. The van der Waals surface area contributed by atoms with Crippen LogP contribution in [-0.2, 0) is 7.05 Å². The molecule has 2 rings (SSSR count). The summed E-state index contributed by atoms with van der Waals surface area (Å²) in [4.78, 5) is 1.44. The second-order valence-electron chi connectivity index (χ2n) is 4.65. The monoisotopic (exact) mass is 271 g/mol. The predicted molar refractivity (Wildman–Crippen MR) is 74.1 cm³/mol. The van der Waals surface area contributed by atoms with Crippen molar-refractivity contribution < 1.29 is 4.74 Å². The Labute approximate surface area is 118 Å². The van der Waals surface area contributed by atoms with Crippen molar-refractivity contribution in [1.82, 2.24) is 20.2 Å². The van der Waals surface area contributed by atoms with Crippen molar-refractivity contribution in [2.75, 3.05) is 6.61 Å². The van der Waals surface area contributed by atoms with Crippen LogP contribution in [0.25, 0.3) is 11.4 Å². The molecule has 6 heteroatoms. The van der Waals surface area contributed by atoms with E-state index in [1.165, 1.54) is 4.80 Å². The summed E-state index contributed by atoms with van der Waals surface area (Å²) in [6, 6.07) is 6.09. The van der Waals surface area contributed by atoms with Gasteiger partial charge in [-0.25, -0.2) is 0 Å². The van der Waals surface area contributed by atoms with Crippen molar-refractivity contribution >= 4 is 0 Å². The molecule has 1 aromatic heterocycles. The topological polar surface area (TPSA) is 76.6 Å². The molecule has 0 bridgehead atoms. The molecule has 104 valence electrons. The Bertz CT molecular complexity index is 618. The van der Waals surface area contributed by atoms with Crippen molar-refractivity contribution in [3.05, 3.63) is 23.3 Å². The molecule has 20 heavy (non-hydrogen) atoms. The number of benzene rings is 1. The Kier molecular flexibility index (Phi) is 4.31. The summed E-state index contributed by atoms with van der Waals surface area (Å²) in [5.41, 5.74) is 2.99. The summed E-state index contributed by atoms with van der Waals surface area (Å²) in [6.45, 7) is 4.54. The van der Waals surface area contributed by atoms with Crippen molar-refractivity contribution in [3.63, 3.8) is 0 Å². The van der Waals surface area contributed by atoms with Crippen molar-refractivity contribution in [2.45, 2.75) is 26.7 Å². The lowest BCUT2D eigenvalue weighted by atomic mass is 10.1. The largest absolute Gasteiger partial charge is 0.493 e. The van der Waals surface area contributed by atoms with E-state index in [0.29, 0.717) is 18.9 Å². The highest BCUT2D eigenvalue weighted by atomic mass is 16.5. The number of unbranched alkanes of at least 4 members (excludes halogenated alkanes) is 1. The van der Waals surface area contributed by atoms with E-state index in [2.05, 4.69) is 21.5 Å². The van der Waals surface area contributed by atoms with Crippen molar-refractivity contribution in [3.8, 4) is 23.2 Å². The van der Waals surface area contributed by atoms with E-state index in [0.717, 1.165) is 28.9 Å². The van der Waals surface area contributed by atoms with Gasteiger partial charge in [0.25, 0.3) is 0 Å². The van der Waals surface area contributed by atoms with Crippen molar-refractivity contribution in [1.29, 1.82) is 5.26 Å². The van der Waals surface area contributed by atoms with Crippen LogP contribution in [0.2, 0.25) is 0 Å². The van der Waals surface area contributed by atoms with Gasteiger partial charge >= 0.3 is 0 Å². The number of ether oxygens (including phenoxy) is 1. The number of aryl methyl sites for hydroxylation is 3. The number of hydrogen-bond acceptors (Lipinski definition) is 5. The maximum Gasteiger partial charge on any atom is 0.204 e. The number of tetrazole rings is 1. The second kappa shape index (κ2) is 6.15. The summed E-state index contributed by atoms with van der Waals surface area (Å²) in [5, 5.41) is 20.6. The van der Waals surface area contributed by atoms with Crippen LogP contribution in [0.3, 0.4) is 0 Å². The third kappa shape index (κ3) is 3.12. The number of aromatic nitrogens is 4. The van der Waals surface area contributed by atoms with E-state index >= 15 is 0 Å².